The predicted octanol–water partition coefficient (Wildman–Crippen LogP) is 3.33. The maximum absolute atomic E-state index is 10.4. The molecule has 2 heterocycles. The zero-order valence-electron chi connectivity index (χ0n) is 14.8. The van der Waals surface area contributed by atoms with E-state index in [0.29, 0.717) is 29.2 Å². The highest BCUT2D eigenvalue weighted by Crippen LogP contribution is 2.28. The summed E-state index contributed by atoms with van der Waals surface area (Å²) in [7, 11) is 0. The summed E-state index contributed by atoms with van der Waals surface area (Å²) in [4.78, 5) is 17.2. The molecular formula is C18H27N5O2. The van der Waals surface area contributed by atoms with Gasteiger partial charge in [0.25, 0.3) is 0 Å². The third-order valence-corrected chi connectivity index (χ3v) is 4.66. The van der Waals surface area contributed by atoms with Crippen molar-refractivity contribution in [3.05, 3.63) is 11.9 Å². The number of aliphatic hydroxyl groups excluding tert-OH is 1. The van der Waals surface area contributed by atoms with Gasteiger partial charge in [0.05, 0.1) is 18.0 Å². The maximum Gasteiger partial charge on any atom is 0.247 e. The van der Waals surface area contributed by atoms with Crippen LogP contribution in [-0.2, 0) is 0 Å². The molecule has 7 nitrogen and oxygen atoms in total. The number of ether oxygens (including phenoxy) is 1. The molecule has 2 aromatic heterocycles. The number of hydrogen-bond donors (Lipinski definition) is 2. The van der Waals surface area contributed by atoms with Crippen molar-refractivity contribution in [1.29, 1.82) is 0 Å². The molecule has 0 unspecified atom stereocenters. The minimum absolute atomic E-state index is 0.129. The van der Waals surface area contributed by atoms with Gasteiger partial charge in [-0.25, -0.2) is 9.97 Å². The Hall–Kier alpha value is -2.02. The number of aromatic nitrogens is 4. The molecule has 7 heteroatoms. The fraction of sp³-hybridized carbons (Fsp3) is 0.667. The number of fused-ring (bicyclic) bond motifs is 1. The normalized spacial score (nSPS) is 16.9. The molecule has 1 atom stereocenters. The number of nitrogen functional groups attached to an aromatic ring is 1. The number of unbranched alkanes of at least 4 members (excludes halogenated alkanes) is 2. The Morgan fingerprint density at radius 2 is 2.00 bits per heavy atom. The average molecular weight is 345 g/mol. The lowest BCUT2D eigenvalue weighted by Gasteiger charge is -2.22. The summed E-state index contributed by atoms with van der Waals surface area (Å²) in [5.41, 5.74) is 7.21. The SMILES string of the molecule is CCCCC[C@@H](O)c1cnc2nc(N)nc(OC3CCCCC3)c2n1. The summed E-state index contributed by atoms with van der Waals surface area (Å²) in [5, 5.41) is 10.4. The molecule has 25 heavy (non-hydrogen) atoms. The number of aliphatic hydroxyl groups is 1. The highest BCUT2D eigenvalue weighted by atomic mass is 16.5. The van der Waals surface area contributed by atoms with Crippen LogP contribution in [-0.4, -0.2) is 31.1 Å². The molecule has 1 saturated carbocycles. The summed E-state index contributed by atoms with van der Waals surface area (Å²) in [5.74, 6) is 0.508. The third-order valence-electron chi connectivity index (χ3n) is 4.66. The lowest BCUT2D eigenvalue weighted by molar-refractivity contribution is 0.150. The summed E-state index contributed by atoms with van der Waals surface area (Å²) in [6.07, 6.45) is 10.5. The van der Waals surface area contributed by atoms with E-state index >= 15 is 0 Å². The molecule has 0 aliphatic heterocycles. The second-order valence-electron chi connectivity index (χ2n) is 6.74. The van der Waals surface area contributed by atoms with Crippen molar-refractivity contribution in [2.24, 2.45) is 0 Å². The fourth-order valence-electron chi connectivity index (χ4n) is 3.23. The molecule has 0 aromatic carbocycles. The molecule has 0 amide bonds. The van der Waals surface area contributed by atoms with Crippen LogP contribution in [0.1, 0.15) is 76.5 Å². The molecule has 3 rings (SSSR count). The Morgan fingerprint density at radius 1 is 1.20 bits per heavy atom. The average Bonchev–Trinajstić information content (AvgIpc) is 2.62. The monoisotopic (exact) mass is 345 g/mol. The Morgan fingerprint density at radius 3 is 2.76 bits per heavy atom. The van der Waals surface area contributed by atoms with Crippen LogP contribution >= 0.6 is 0 Å². The summed E-state index contributed by atoms with van der Waals surface area (Å²) in [6.45, 7) is 2.14. The number of nitrogens with two attached hydrogens (primary N) is 1. The fourth-order valence-corrected chi connectivity index (χ4v) is 3.23. The van der Waals surface area contributed by atoms with Gasteiger partial charge in [0, 0.05) is 0 Å². The van der Waals surface area contributed by atoms with E-state index in [2.05, 4.69) is 26.9 Å². The molecule has 0 radical (unpaired) electrons. The van der Waals surface area contributed by atoms with Gasteiger partial charge >= 0.3 is 0 Å². The van der Waals surface area contributed by atoms with Crippen LogP contribution in [0, 0.1) is 0 Å². The van der Waals surface area contributed by atoms with Gasteiger partial charge in [-0.1, -0.05) is 32.6 Å². The molecule has 0 bridgehead atoms. The zero-order valence-corrected chi connectivity index (χ0v) is 14.8. The van der Waals surface area contributed by atoms with E-state index in [-0.39, 0.29) is 12.1 Å². The Bertz CT molecular complexity index is 703. The van der Waals surface area contributed by atoms with Crippen molar-refractivity contribution in [2.45, 2.75) is 76.9 Å². The van der Waals surface area contributed by atoms with Crippen LogP contribution in [0.3, 0.4) is 0 Å². The number of hydrogen-bond acceptors (Lipinski definition) is 7. The van der Waals surface area contributed by atoms with Gasteiger partial charge in [-0.15, -0.1) is 0 Å². The Kier molecular flexibility index (Phi) is 5.96. The molecule has 1 fully saturated rings. The largest absolute Gasteiger partial charge is 0.473 e. The molecule has 1 aliphatic carbocycles. The van der Waals surface area contributed by atoms with Gasteiger partial charge in [0.1, 0.15) is 6.10 Å². The Balaban J connectivity index is 1.85. The van der Waals surface area contributed by atoms with Crippen molar-refractivity contribution in [2.75, 3.05) is 5.73 Å². The highest BCUT2D eigenvalue weighted by Gasteiger charge is 2.20. The van der Waals surface area contributed by atoms with Gasteiger partial charge in [-0.3, -0.25) is 0 Å². The van der Waals surface area contributed by atoms with Crippen LogP contribution in [0.15, 0.2) is 6.20 Å². The molecule has 0 saturated heterocycles. The van der Waals surface area contributed by atoms with Crippen molar-refractivity contribution in [1.82, 2.24) is 19.9 Å². The predicted molar refractivity (Wildman–Crippen MR) is 96.1 cm³/mol. The third kappa shape index (κ3) is 4.54. The van der Waals surface area contributed by atoms with Crippen molar-refractivity contribution in [3.63, 3.8) is 0 Å². The van der Waals surface area contributed by atoms with E-state index < -0.39 is 6.10 Å². The van der Waals surface area contributed by atoms with E-state index in [1.807, 2.05) is 0 Å². The lowest BCUT2D eigenvalue weighted by atomic mass is 9.98. The zero-order chi connectivity index (χ0) is 17.6. The minimum atomic E-state index is -0.636. The first-order chi connectivity index (χ1) is 12.2. The van der Waals surface area contributed by atoms with Gasteiger partial charge in [-0.05, 0) is 32.1 Å². The van der Waals surface area contributed by atoms with Gasteiger partial charge in [0.15, 0.2) is 11.2 Å². The van der Waals surface area contributed by atoms with Crippen molar-refractivity contribution < 1.29 is 9.84 Å². The molecule has 0 spiro atoms. The van der Waals surface area contributed by atoms with Gasteiger partial charge in [-0.2, -0.15) is 9.97 Å². The first-order valence-electron chi connectivity index (χ1n) is 9.32. The summed E-state index contributed by atoms with van der Waals surface area (Å²) >= 11 is 0. The topological polar surface area (TPSA) is 107 Å². The maximum atomic E-state index is 10.4. The second kappa shape index (κ2) is 8.38. The van der Waals surface area contributed by atoms with E-state index in [1.54, 1.807) is 6.20 Å². The smallest absolute Gasteiger partial charge is 0.247 e. The van der Waals surface area contributed by atoms with Gasteiger partial charge < -0.3 is 15.6 Å². The molecule has 3 N–H and O–H groups in total. The van der Waals surface area contributed by atoms with E-state index in [4.69, 9.17) is 10.5 Å². The van der Waals surface area contributed by atoms with E-state index in [1.165, 1.54) is 6.42 Å². The molecule has 2 aromatic rings. The summed E-state index contributed by atoms with van der Waals surface area (Å²) < 4.78 is 6.07. The van der Waals surface area contributed by atoms with Crippen LogP contribution in [0.4, 0.5) is 5.95 Å². The van der Waals surface area contributed by atoms with Gasteiger partial charge in [0.2, 0.25) is 11.8 Å². The molecular weight excluding hydrogens is 318 g/mol. The van der Waals surface area contributed by atoms with Crippen molar-refractivity contribution >= 4 is 17.1 Å². The standard InChI is InChI=1S/C18H27N5O2/c1-2-3-5-10-14(24)13-11-20-16-15(21-13)17(23-18(19)22-16)25-12-8-6-4-7-9-12/h11-12,14,24H,2-10H2,1H3,(H2,19,20,22,23)/t14-/m1/s1. The number of anilines is 1. The van der Waals surface area contributed by atoms with Crippen LogP contribution < -0.4 is 10.5 Å². The van der Waals surface area contributed by atoms with Crippen LogP contribution in [0.25, 0.3) is 11.2 Å². The first kappa shape index (κ1) is 17.8. The number of nitrogens with zero attached hydrogens (tertiary/aromatic N) is 4. The first-order valence-corrected chi connectivity index (χ1v) is 9.32. The van der Waals surface area contributed by atoms with E-state index in [0.717, 1.165) is 44.9 Å². The van der Waals surface area contributed by atoms with Crippen molar-refractivity contribution in [3.8, 4) is 5.88 Å². The molecule has 136 valence electrons. The van der Waals surface area contributed by atoms with Crippen LogP contribution in [0.5, 0.6) is 5.88 Å². The number of rotatable bonds is 7. The Labute approximate surface area is 148 Å². The second-order valence-corrected chi connectivity index (χ2v) is 6.74. The lowest BCUT2D eigenvalue weighted by Crippen LogP contribution is -2.21. The quantitative estimate of drug-likeness (QED) is 0.741. The highest BCUT2D eigenvalue weighted by molar-refractivity contribution is 5.76. The minimum Gasteiger partial charge on any atom is -0.473 e. The van der Waals surface area contributed by atoms with Crippen LogP contribution in [0.2, 0.25) is 0 Å². The molecule has 1 aliphatic rings. The summed E-state index contributed by atoms with van der Waals surface area (Å²) in [6, 6.07) is 0. The van der Waals surface area contributed by atoms with E-state index in [9.17, 15) is 5.11 Å².